The Hall–Kier alpha value is -1.96. The summed E-state index contributed by atoms with van der Waals surface area (Å²) in [4.78, 5) is 0. The third-order valence-corrected chi connectivity index (χ3v) is 5.23. The van der Waals surface area contributed by atoms with E-state index < -0.39 is 30.7 Å². The van der Waals surface area contributed by atoms with E-state index in [4.69, 9.17) is 14.2 Å². The molecule has 3 rings (SSSR count). The van der Waals surface area contributed by atoms with Crippen LogP contribution >= 0.6 is 0 Å². The van der Waals surface area contributed by atoms with Crippen LogP contribution in [0, 0.1) is 0 Å². The Bertz CT molecular complexity index is 760. The first kappa shape index (κ1) is 20.8. The van der Waals surface area contributed by atoms with Crippen LogP contribution in [0.1, 0.15) is 42.6 Å². The van der Waals surface area contributed by atoms with Crippen LogP contribution in [-0.4, -0.2) is 53.6 Å². The molecule has 1 unspecified atom stereocenters. The lowest BCUT2D eigenvalue weighted by Crippen LogP contribution is -2.54. The molecular weight excluding hydrogens is 360 g/mol. The summed E-state index contributed by atoms with van der Waals surface area (Å²) in [6, 6.07) is 15.7. The summed E-state index contributed by atoms with van der Waals surface area (Å²) >= 11 is 0. The molecule has 0 bridgehead atoms. The summed E-state index contributed by atoms with van der Waals surface area (Å²) in [7, 11) is 1.39. The topological polar surface area (TPSA) is 88.4 Å². The zero-order valence-electron chi connectivity index (χ0n) is 16.4. The second kappa shape index (κ2) is 9.03. The summed E-state index contributed by atoms with van der Waals surface area (Å²) in [6.07, 6.45) is -5.71. The Kier molecular flexibility index (Phi) is 6.69. The van der Waals surface area contributed by atoms with Crippen molar-refractivity contribution in [1.29, 1.82) is 0 Å². The van der Waals surface area contributed by atoms with Gasteiger partial charge in [0.2, 0.25) is 0 Å². The van der Waals surface area contributed by atoms with Gasteiger partial charge in [-0.1, -0.05) is 43.3 Å². The fourth-order valence-electron chi connectivity index (χ4n) is 3.54. The molecule has 0 aliphatic carbocycles. The first-order valence-corrected chi connectivity index (χ1v) is 9.51. The van der Waals surface area contributed by atoms with Crippen molar-refractivity contribution in [1.82, 2.24) is 0 Å². The highest BCUT2D eigenvalue weighted by Crippen LogP contribution is 2.35. The minimum Gasteiger partial charge on any atom is -0.494 e. The van der Waals surface area contributed by atoms with E-state index in [2.05, 4.69) is 6.92 Å². The molecule has 6 heteroatoms. The van der Waals surface area contributed by atoms with Gasteiger partial charge in [0.05, 0.1) is 6.61 Å². The molecule has 1 fully saturated rings. The quantitative estimate of drug-likeness (QED) is 0.704. The molecule has 0 radical (unpaired) electrons. The van der Waals surface area contributed by atoms with E-state index in [9.17, 15) is 15.3 Å². The summed E-state index contributed by atoms with van der Waals surface area (Å²) in [5, 5.41) is 30.5. The number of aliphatic hydroxyl groups is 3. The summed E-state index contributed by atoms with van der Waals surface area (Å²) in [6.45, 7) is 4.68. The van der Waals surface area contributed by atoms with E-state index in [1.165, 1.54) is 7.11 Å². The Balaban J connectivity index is 1.83. The largest absolute Gasteiger partial charge is 0.494 e. The van der Waals surface area contributed by atoms with Crippen molar-refractivity contribution in [3.63, 3.8) is 0 Å². The van der Waals surface area contributed by atoms with Crippen LogP contribution in [0.25, 0.3) is 0 Å². The number of benzene rings is 2. The van der Waals surface area contributed by atoms with E-state index >= 15 is 0 Å². The van der Waals surface area contributed by atoms with Crippen LogP contribution in [0.15, 0.2) is 48.5 Å². The molecule has 2 aromatic carbocycles. The van der Waals surface area contributed by atoms with Crippen molar-refractivity contribution < 1.29 is 29.5 Å². The number of methoxy groups -OCH3 is 1. The predicted molar refractivity (Wildman–Crippen MR) is 104 cm³/mol. The molecule has 1 aliphatic rings. The lowest BCUT2D eigenvalue weighted by atomic mass is 9.88. The van der Waals surface area contributed by atoms with Gasteiger partial charge in [-0.2, -0.15) is 0 Å². The van der Waals surface area contributed by atoms with E-state index in [0.717, 1.165) is 22.4 Å². The van der Waals surface area contributed by atoms with Gasteiger partial charge >= 0.3 is 0 Å². The molecule has 0 spiro atoms. The highest BCUT2D eigenvalue weighted by Gasteiger charge is 2.44. The molecule has 6 nitrogen and oxygen atoms in total. The van der Waals surface area contributed by atoms with E-state index in [0.29, 0.717) is 6.61 Å². The van der Waals surface area contributed by atoms with Gasteiger partial charge < -0.3 is 29.5 Å². The number of rotatable bonds is 6. The van der Waals surface area contributed by atoms with Gasteiger partial charge in [0.15, 0.2) is 6.29 Å². The first-order chi connectivity index (χ1) is 13.5. The Labute approximate surface area is 165 Å². The summed E-state index contributed by atoms with van der Waals surface area (Å²) in [5.74, 6) is 0.953. The molecular formula is C22H28O6. The predicted octanol–water partition coefficient (Wildman–Crippen LogP) is 2.36. The number of aliphatic hydroxyl groups excluding tert-OH is 3. The van der Waals surface area contributed by atoms with E-state index in [-0.39, 0.29) is 5.92 Å². The highest BCUT2D eigenvalue weighted by molar-refractivity contribution is 5.37. The average Bonchev–Trinajstić information content (AvgIpc) is 2.73. The number of hydrogen-bond acceptors (Lipinski definition) is 6. The van der Waals surface area contributed by atoms with Crippen molar-refractivity contribution >= 4 is 0 Å². The van der Waals surface area contributed by atoms with E-state index in [1.807, 2.05) is 55.5 Å². The fraction of sp³-hybridized carbons (Fsp3) is 0.455. The minimum absolute atomic E-state index is 0.116. The van der Waals surface area contributed by atoms with Gasteiger partial charge in [-0.3, -0.25) is 0 Å². The molecule has 0 amide bonds. The van der Waals surface area contributed by atoms with Crippen molar-refractivity contribution in [2.45, 2.75) is 50.5 Å². The normalized spacial score (nSPS) is 28.7. The molecule has 0 saturated carbocycles. The second-order valence-corrected chi connectivity index (χ2v) is 7.03. The maximum absolute atomic E-state index is 10.4. The molecule has 1 aliphatic heterocycles. The average molecular weight is 388 g/mol. The lowest BCUT2D eigenvalue weighted by molar-refractivity contribution is -0.292. The molecule has 152 valence electrons. The van der Waals surface area contributed by atoms with Gasteiger partial charge in [-0.25, -0.2) is 0 Å². The Morgan fingerprint density at radius 1 is 0.964 bits per heavy atom. The molecule has 28 heavy (non-hydrogen) atoms. The maximum atomic E-state index is 10.4. The zero-order valence-corrected chi connectivity index (χ0v) is 16.4. The van der Waals surface area contributed by atoms with Gasteiger partial charge in [0, 0.05) is 13.0 Å². The molecule has 1 heterocycles. The SMILES string of the molecule is CCOc1ccc(C(C)c2cccc([C@@H]3O[C@H](OC)[C@@H](O)[C@H](O)[C@H]3O)c2)cc1. The minimum atomic E-state index is -1.35. The van der Waals surface area contributed by atoms with Crippen molar-refractivity contribution in [3.8, 4) is 5.75 Å². The molecule has 2 aromatic rings. The van der Waals surface area contributed by atoms with Crippen LogP contribution < -0.4 is 4.74 Å². The first-order valence-electron chi connectivity index (χ1n) is 9.51. The third kappa shape index (κ3) is 4.21. The lowest BCUT2D eigenvalue weighted by Gasteiger charge is -2.40. The summed E-state index contributed by atoms with van der Waals surface area (Å²) in [5.41, 5.74) is 2.90. The van der Waals surface area contributed by atoms with Crippen molar-refractivity contribution in [3.05, 3.63) is 65.2 Å². The van der Waals surface area contributed by atoms with Crippen molar-refractivity contribution in [2.75, 3.05) is 13.7 Å². The number of ether oxygens (including phenoxy) is 3. The van der Waals surface area contributed by atoms with Crippen LogP contribution in [0.3, 0.4) is 0 Å². The molecule has 1 saturated heterocycles. The fourth-order valence-corrected chi connectivity index (χ4v) is 3.54. The van der Waals surface area contributed by atoms with E-state index in [1.54, 1.807) is 0 Å². The van der Waals surface area contributed by atoms with Crippen LogP contribution in [0.5, 0.6) is 5.75 Å². The standard InChI is InChI=1S/C22H28O6/c1-4-27-17-10-8-14(9-11-17)13(2)15-6-5-7-16(12-15)21-19(24)18(23)20(25)22(26-3)28-21/h5-13,18-25H,4H2,1-3H3/t13?,18-,19-,20+,21+,22+/m1/s1. The van der Waals surface area contributed by atoms with Crippen LogP contribution in [-0.2, 0) is 9.47 Å². The van der Waals surface area contributed by atoms with Gasteiger partial charge in [-0.15, -0.1) is 0 Å². The smallest absolute Gasteiger partial charge is 0.186 e. The molecule has 6 atom stereocenters. The monoisotopic (exact) mass is 388 g/mol. The van der Waals surface area contributed by atoms with Crippen LogP contribution in [0.4, 0.5) is 0 Å². The maximum Gasteiger partial charge on any atom is 0.186 e. The third-order valence-electron chi connectivity index (χ3n) is 5.23. The molecule has 3 N–H and O–H groups in total. The Morgan fingerprint density at radius 3 is 2.32 bits per heavy atom. The number of hydrogen-bond donors (Lipinski definition) is 3. The zero-order chi connectivity index (χ0) is 20.3. The Morgan fingerprint density at radius 2 is 1.68 bits per heavy atom. The van der Waals surface area contributed by atoms with Crippen LogP contribution in [0.2, 0.25) is 0 Å². The molecule has 0 aromatic heterocycles. The van der Waals surface area contributed by atoms with Gasteiger partial charge in [0.25, 0.3) is 0 Å². The van der Waals surface area contributed by atoms with Crippen molar-refractivity contribution in [2.24, 2.45) is 0 Å². The van der Waals surface area contributed by atoms with Gasteiger partial charge in [0.1, 0.15) is 30.2 Å². The second-order valence-electron chi connectivity index (χ2n) is 7.03. The summed E-state index contributed by atoms with van der Waals surface area (Å²) < 4.78 is 16.3. The van der Waals surface area contributed by atoms with Gasteiger partial charge in [-0.05, 0) is 35.7 Å². The highest BCUT2D eigenvalue weighted by atomic mass is 16.7.